The highest BCUT2D eigenvalue weighted by molar-refractivity contribution is 5.33. The van der Waals surface area contributed by atoms with Crippen LogP contribution in [0.2, 0.25) is 0 Å². The van der Waals surface area contributed by atoms with Crippen LogP contribution in [-0.4, -0.2) is 19.7 Å². The minimum absolute atomic E-state index is 0.735. The van der Waals surface area contributed by atoms with Crippen LogP contribution in [0.15, 0.2) is 35.9 Å². The number of aryl methyl sites for hydroxylation is 1. The molecule has 0 unspecified atom stereocenters. The van der Waals surface area contributed by atoms with Gasteiger partial charge in [0, 0.05) is 6.54 Å². The van der Waals surface area contributed by atoms with Gasteiger partial charge in [-0.05, 0) is 36.6 Å². The first-order valence-electron chi connectivity index (χ1n) is 5.99. The van der Waals surface area contributed by atoms with Crippen LogP contribution in [0.4, 0.5) is 0 Å². The molecule has 0 saturated carbocycles. The van der Waals surface area contributed by atoms with Crippen LogP contribution in [0.3, 0.4) is 0 Å². The van der Waals surface area contributed by atoms with Gasteiger partial charge in [-0.3, -0.25) is 0 Å². The fourth-order valence-corrected chi connectivity index (χ4v) is 1.91. The topological polar surface area (TPSA) is 21.3 Å². The van der Waals surface area contributed by atoms with Crippen LogP contribution in [0.1, 0.15) is 18.9 Å². The molecule has 1 aliphatic heterocycles. The summed E-state index contributed by atoms with van der Waals surface area (Å²) in [5.41, 5.74) is 2.70. The molecule has 1 aromatic carbocycles. The van der Waals surface area contributed by atoms with Crippen molar-refractivity contribution in [1.29, 1.82) is 0 Å². The zero-order valence-corrected chi connectivity index (χ0v) is 9.83. The Balaban J connectivity index is 1.96. The third-order valence-corrected chi connectivity index (χ3v) is 2.92. The summed E-state index contributed by atoms with van der Waals surface area (Å²) in [5, 5.41) is 3.30. The molecule has 2 nitrogen and oxygen atoms in total. The molecule has 2 rings (SSSR count). The van der Waals surface area contributed by atoms with E-state index < -0.39 is 0 Å². The van der Waals surface area contributed by atoms with Crippen LogP contribution < -0.4 is 10.1 Å². The van der Waals surface area contributed by atoms with E-state index in [-0.39, 0.29) is 0 Å². The molecule has 1 aromatic rings. The molecule has 1 aliphatic rings. The summed E-state index contributed by atoms with van der Waals surface area (Å²) in [7, 11) is 0. The van der Waals surface area contributed by atoms with E-state index in [4.69, 9.17) is 4.74 Å². The first-order valence-corrected chi connectivity index (χ1v) is 5.99. The monoisotopic (exact) mass is 217 g/mol. The van der Waals surface area contributed by atoms with Crippen LogP contribution >= 0.6 is 0 Å². The molecule has 1 N–H and O–H groups in total. The molecular weight excluding hydrogens is 198 g/mol. The number of benzene rings is 1. The molecule has 0 radical (unpaired) electrons. The first-order chi connectivity index (χ1) is 7.90. The second-order valence-corrected chi connectivity index (χ2v) is 4.07. The number of para-hydroxylation sites is 1. The molecule has 0 aromatic heterocycles. The van der Waals surface area contributed by atoms with E-state index in [9.17, 15) is 0 Å². The lowest BCUT2D eigenvalue weighted by Crippen LogP contribution is -2.22. The first kappa shape index (κ1) is 11.2. The summed E-state index contributed by atoms with van der Waals surface area (Å²) >= 11 is 0. The lowest BCUT2D eigenvalue weighted by molar-refractivity contribution is 0.341. The minimum Gasteiger partial charge on any atom is -0.489 e. The quantitative estimate of drug-likeness (QED) is 0.783. The predicted octanol–water partition coefficient (Wildman–Crippen LogP) is 2.55. The average Bonchev–Trinajstić information content (AvgIpc) is 2.38. The molecule has 0 atom stereocenters. The number of hydrogen-bond acceptors (Lipinski definition) is 2. The van der Waals surface area contributed by atoms with Crippen LogP contribution in [0.25, 0.3) is 0 Å². The molecule has 0 bridgehead atoms. The Morgan fingerprint density at radius 3 is 2.94 bits per heavy atom. The van der Waals surface area contributed by atoms with Gasteiger partial charge in [0.2, 0.25) is 0 Å². The Labute approximate surface area is 97.3 Å². The molecule has 0 fully saturated rings. The van der Waals surface area contributed by atoms with Crippen molar-refractivity contribution >= 4 is 0 Å². The van der Waals surface area contributed by atoms with Crippen molar-refractivity contribution in [2.24, 2.45) is 0 Å². The Morgan fingerprint density at radius 2 is 2.19 bits per heavy atom. The van der Waals surface area contributed by atoms with Gasteiger partial charge in [0.1, 0.15) is 12.4 Å². The molecule has 0 spiro atoms. The van der Waals surface area contributed by atoms with Crippen LogP contribution in [0.5, 0.6) is 5.75 Å². The van der Waals surface area contributed by atoms with Crippen molar-refractivity contribution in [3.05, 3.63) is 41.5 Å². The lowest BCUT2D eigenvalue weighted by atomic mass is 10.1. The standard InChI is InChI=1S/C14H19NO/c1-2-13-5-3-4-6-14(13)16-11-12-7-9-15-10-8-12/h3-7,15H,2,8-11H2,1H3. The van der Waals surface area contributed by atoms with Crippen molar-refractivity contribution < 1.29 is 4.74 Å². The Morgan fingerprint density at radius 1 is 1.31 bits per heavy atom. The second kappa shape index (κ2) is 5.71. The number of ether oxygens (including phenoxy) is 1. The van der Waals surface area contributed by atoms with Crippen molar-refractivity contribution in [2.75, 3.05) is 19.7 Å². The highest BCUT2D eigenvalue weighted by atomic mass is 16.5. The van der Waals surface area contributed by atoms with Crippen molar-refractivity contribution in [3.8, 4) is 5.75 Å². The van der Waals surface area contributed by atoms with Gasteiger partial charge in [0.05, 0.1) is 0 Å². The highest BCUT2D eigenvalue weighted by Crippen LogP contribution is 2.19. The number of hydrogen-bond donors (Lipinski definition) is 1. The summed E-state index contributed by atoms with van der Waals surface area (Å²) < 4.78 is 5.87. The van der Waals surface area contributed by atoms with Gasteiger partial charge in [-0.15, -0.1) is 0 Å². The largest absolute Gasteiger partial charge is 0.489 e. The average molecular weight is 217 g/mol. The normalized spacial score (nSPS) is 15.7. The molecule has 1 heterocycles. The van der Waals surface area contributed by atoms with Gasteiger partial charge in [-0.1, -0.05) is 31.2 Å². The van der Waals surface area contributed by atoms with Crippen molar-refractivity contribution in [3.63, 3.8) is 0 Å². The third kappa shape index (κ3) is 2.86. The van der Waals surface area contributed by atoms with Gasteiger partial charge < -0.3 is 10.1 Å². The molecule has 2 heteroatoms. The molecule has 0 amide bonds. The van der Waals surface area contributed by atoms with E-state index in [1.807, 2.05) is 6.07 Å². The maximum atomic E-state index is 5.87. The second-order valence-electron chi connectivity index (χ2n) is 4.07. The van der Waals surface area contributed by atoms with Gasteiger partial charge in [0.15, 0.2) is 0 Å². The number of rotatable bonds is 4. The van der Waals surface area contributed by atoms with E-state index in [0.29, 0.717) is 0 Å². The minimum atomic E-state index is 0.735. The van der Waals surface area contributed by atoms with E-state index in [2.05, 4.69) is 36.5 Å². The fraction of sp³-hybridized carbons (Fsp3) is 0.429. The predicted molar refractivity (Wildman–Crippen MR) is 66.9 cm³/mol. The van der Waals surface area contributed by atoms with Crippen LogP contribution in [-0.2, 0) is 6.42 Å². The maximum Gasteiger partial charge on any atom is 0.122 e. The van der Waals surface area contributed by atoms with Crippen molar-refractivity contribution in [1.82, 2.24) is 5.32 Å². The third-order valence-electron chi connectivity index (χ3n) is 2.92. The summed E-state index contributed by atoms with van der Waals surface area (Å²) in [5.74, 6) is 1.03. The summed E-state index contributed by atoms with van der Waals surface area (Å²) in [6.45, 7) is 4.95. The summed E-state index contributed by atoms with van der Waals surface area (Å²) in [6, 6.07) is 8.29. The smallest absolute Gasteiger partial charge is 0.122 e. The van der Waals surface area contributed by atoms with Crippen LogP contribution in [0, 0.1) is 0 Å². The SMILES string of the molecule is CCc1ccccc1OCC1=CCNCC1. The zero-order chi connectivity index (χ0) is 11.2. The molecule has 0 aliphatic carbocycles. The molecule has 86 valence electrons. The maximum absolute atomic E-state index is 5.87. The Hall–Kier alpha value is -1.28. The van der Waals surface area contributed by atoms with E-state index in [1.165, 1.54) is 11.1 Å². The van der Waals surface area contributed by atoms with Gasteiger partial charge in [-0.25, -0.2) is 0 Å². The molecule has 16 heavy (non-hydrogen) atoms. The van der Waals surface area contributed by atoms with Gasteiger partial charge >= 0.3 is 0 Å². The van der Waals surface area contributed by atoms with Crippen molar-refractivity contribution in [2.45, 2.75) is 19.8 Å². The molecular formula is C14H19NO. The fourth-order valence-electron chi connectivity index (χ4n) is 1.91. The van der Waals surface area contributed by atoms with E-state index in [1.54, 1.807) is 0 Å². The van der Waals surface area contributed by atoms with Gasteiger partial charge in [0.25, 0.3) is 0 Å². The Kier molecular flexibility index (Phi) is 4.00. The van der Waals surface area contributed by atoms with E-state index >= 15 is 0 Å². The van der Waals surface area contributed by atoms with E-state index in [0.717, 1.165) is 38.3 Å². The number of nitrogens with one attached hydrogen (secondary N) is 1. The lowest BCUT2D eigenvalue weighted by Gasteiger charge is -2.16. The summed E-state index contributed by atoms with van der Waals surface area (Å²) in [4.78, 5) is 0. The summed E-state index contributed by atoms with van der Waals surface area (Å²) in [6.07, 6.45) is 4.36. The Bertz CT molecular complexity index is 371. The zero-order valence-electron chi connectivity index (χ0n) is 9.83. The van der Waals surface area contributed by atoms with Gasteiger partial charge in [-0.2, -0.15) is 0 Å². The highest BCUT2D eigenvalue weighted by Gasteiger charge is 2.05. The molecule has 0 saturated heterocycles.